The molecular weight excluding hydrogens is 262 g/mol. The maximum Gasteiger partial charge on any atom is 0.162 e. The Morgan fingerprint density at radius 2 is 1.67 bits per heavy atom. The van der Waals surface area contributed by atoms with Crippen LogP contribution in [0, 0.1) is 0 Å². The van der Waals surface area contributed by atoms with Gasteiger partial charge >= 0.3 is 0 Å². The number of hydrogen-bond donors (Lipinski definition) is 1. The van der Waals surface area contributed by atoms with E-state index in [9.17, 15) is 0 Å². The van der Waals surface area contributed by atoms with Crippen LogP contribution in [0.3, 0.4) is 0 Å². The predicted molar refractivity (Wildman–Crippen MR) is 87.5 cm³/mol. The summed E-state index contributed by atoms with van der Waals surface area (Å²) >= 11 is 0. The highest BCUT2D eigenvalue weighted by Gasteiger charge is 2.06. The summed E-state index contributed by atoms with van der Waals surface area (Å²) in [6, 6.07) is 16.5. The molecule has 0 aliphatic carbocycles. The monoisotopic (exact) mass is 285 g/mol. The lowest BCUT2D eigenvalue weighted by atomic mass is 9.98. The summed E-state index contributed by atoms with van der Waals surface area (Å²) in [6.07, 6.45) is 1.08. The van der Waals surface area contributed by atoms with E-state index in [-0.39, 0.29) is 0 Å². The molecule has 2 aromatic carbocycles. The highest BCUT2D eigenvalue weighted by molar-refractivity contribution is 5.54. The standard InChI is InChI=1S/C18H23NO2/c1-14(15-7-5-4-6-8-15)11-12-19-16-9-10-17(20-2)18(13-16)21-3/h4-10,13-14,19H,11-12H2,1-3H3. The Labute approximate surface area is 126 Å². The second kappa shape index (κ2) is 7.58. The van der Waals surface area contributed by atoms with Crippen molar-refractivity contribution in [2.45, 2.75) is 19.3 Å². The summed E-state index contributed by atoms with van der Waals surface area (Å²) in [5, 5.41) is 3.44. The lowest BCUT2D eigenvalue weighted by Gasteiger charge is -2.14. The molecule has 0 fully saturated rings. The third-order valence-corrected chi connectivity index (χ3v) is 3.66. The normalized spacial score (nSPS) is 11.8. The summed E-state index contributed by atoms with van der Waals surface area (Å²) in [5.41, 5.74) is 2.43. The van der Waals surface area contributed by atoms with Gasteiger partial charge in [-0.15, -0.1) is 0 Å². The lowest BCUT2D eigenvalue weighted by molar-refractivity contribution is 0.355. The molecule has 0 saturated carbocycles. The average molecular weight is 285 g/mol. The number of ether oxygens (including phenoxy) is 2. The molecule has 1 atom stereocenters. The molecule has 1 N–H and O–H groups in total. The molecule has 21 heavy (non-hydrogen) atoms. The van der Waals surface area contributed by atoms with Crippen molar-refractivity contribution in [1.82, 2.24) is 0 Å². The van der Waals surface area contributed by atoms with Crippen molar-refractivity contribution >= 4 is 5.69 Å². The first-order chi connectivity index (χ1) is 10.2. The molecule has 2 aromatic rings. The minimum Gasteiger partial charge on any atom is -0.493 e. The number of methoxy groups -OCH3 is 2. The fraction of sp³-hybridized carbons (Fsp3) is 0.333. The lowest BCUT2D eigenvalue weighted by Crippen LogP contribution is -2.06. The van der Waals surface area contributed by atoms with E-state index < -0.39 is 0 Å². The minimum absolute atomic E-state index is 0.541. The largest absolute Gasteiger partial charge is 0.493 e. The van der Waals surface area contributed by atoms with Crippen LogP contribution in [0.5, 0.6) is 11.5 Å². The minimum atomic E-state index is 0.541. The average Bonchev–Trinajstić information content (AvgIpc) is 2.55. The van der Waals surface area contributed by atoms with Crippen LogP contribution in [0.15, 0.2) is 48.5 Å². The van der Waals surface area contributed by atoms with Gasteiger partial charge in [-0.25, -0.2) is 0 Å². The molecule has 3 nitrogen and oxygen atoms in total. The molecule has 112 valence electrons. The molecule has 0 radical (unpaired) electrons. The summed E-state index contributed by atoms with van der Waals surface area (Å²) in [4.78, 5) is 0. The van der Waals surface area contributed by atoms with Gasteiger partial charge in [-0.05, 0) is 30.0 Å². The second-order valence-corrected chi connectivity index (χ2v) is 5.10. The molecule has 0 aliphatic heterocycles. The Morgan fingerprint density at radius 3 is 2.33 bits per heavy atom. The van der Waals surface area contributed by atoms with Crippen LogP contribution >= 0.6 is 0 Å². The third-order valence-electron chi connectivity index (χ3n) is 3.66. The first-order valence-electron chi connectivity index (χ1n) is 7.25. The highest BCUT2D eigenvalue weighted by Crippen LogP contribution is 2.29. The van der Waals surface area contributed by atoms with Crippen LogP contribution in [0.4, 0.5) is 5.69 Å². The number of nitrogens with one attached hydrogen (secondary N) is 1. The predicted octanol–water partition coefficient (Wildman–Crippen LogP) is 4.31. The number of rotatable bonds is 7. The van der Waals surface area contributed by atoms with Crippen molar-refractivity contribution in [2.24, 2.45) is 0 Å². The van der Waals surface area contributed by atoms with Gasteiger partial charge in [-0.2, -0.15) is 0 Å². The molecule has 1 unspecified atom stereocenters. The van der Waals surface area contributed by atoms with Gasteiger partial charge in [0.05, 0.1) is 14.2 Å². The van der Waals surface area contributed by atoms with Gasteiger partial charge in [0.2, 0.25) is 0 Å². The smallest absolute Gasteiger partial charge is 0.162 e. The Morgan fingerprint density at radius 1 is 0.952 bits per heavy atom. The maximum absolute atomic E-state index is 5.31. The Balaban J connectivity index is 1.89. The van der Waals surface area contributed by atoms with E-state index in [0.717, 1.165) is 30.2 Å². The molecule has 0 bridgehead atoms. The van der Waals surface area contributed by atoms with E-state index in [4.69, 9.17) is 9.47 Å². The third kappa shape index (κ3) is 4.15. The zero-order valence-corrected chi connectivity index (χ0v) is 12.9. The second-order valence-electron chi connectivity index (χ2n) is 5.10. The van der Waals surface area contributed by atoms with E-state index in [0.29, 0.717) is 5.92 Å². The van der Waals surface area contributed by atoms with E-state index in [1.54, 1.807) is 14.2 Å². The molecule has 0 heterocycles. The Bertz CT molecular complexity index is 554. The quantitative estimate of drug-likeness (QED) is 0.822. The number of benzene rings is 2. The van der Waals surface area contributed by atoms with E-state index in [2.05, 4.69) is 42.6 Å². The van der Waals surface area contributed by atoms with Crippen LogP contribution in [-0.4, -0.2) is 20.8 Å². The van der Waals surface area contributed by atoms with Crippen molar-refractivity contribution in [1.29, 1.82) is 0 Å². The van der Waals surface area contributed by atoms with E-state index in [1.165, 1.54) is 5.56 Å². The van der Waals surface area contributed by atoms with Gasteiger partial charge in [0.1, 0.15) is 0 Å². The number of anilines is 1. The topological polar surface area (TPSA) is 30.5 Å². The molecular formula is C18H23NO2. The zero-order valence-electron chi connectivity index (χ0n) is 12.9. The number of hydrogen-bond acceptors (Lipinski definition) is 3. The van der Waals surface area contributed by atoms with Crippen LogP contribution in [0.2, 0.25) is 0 Å². The van der Waals surface area contributed by atoms with Crippen molar-refractivity contribution < 1.29 is 9.47 Å². The van der Waals surface area contributed by atoms with Gasteiger partial charge in [0, 0.05) is 18.3 Å². The van der Waals surface area contributed by atoms with Gasteiger partial charge < -0.3 is 14.8 Å². The van der Waals surface area contributed by atoms with Gasteiger partial charge in [0.25, 0.3) is 0 Å². The van der Waals surface area contributed by atoms with Gasteiger partial charge in [-0.3, -0.25) is 0 Å². The highest BCUT2D eigenvalue weighted by atomic mass is 16.5. The molecule has 0 aliphatic rings. The summed E-state index contributed by atoms with van der Waals surface area (Å²) in [7, 11) is 3.30. The van der Waals surface area contributed by atoms with Crippen LogP contribution in [0.25, 0.3) is 0 Å². The van der Waals surface area contributed by atoms with E-state index >= 15 is 0 Å². The van der Waals surface area contributed by atoms with Crippen molar-refractivity contribution in [2.75, 3.05) is 26.1 Å². The molecule has 0 aromatic heterocycles. The van der Waals surface area contributed by atoms with E-state index in [1.807, 2.05) is 18.2 Å². The fourth-order valence-electron chi connectivity index (χ4n) is 2.33. The first kappa shape index (κ1) is 15.2. The van der Waals surface area contributed by atoms with Crippen LogP contribution in [0.1, 0.15) is 24.8 Å². The summed E-state index contributed by atoms with van der Waals surface area (Å²) in [6.45, 7) is 3.18. The van der Waals surface area contributed by atoms with Crippen molar-refractivity contribution in [3.8, 4) is 11.5 Å². The molecule has 0 saturated heterocycles. The fourth-order valence-corrected chi connectivity index (χ4v) is 2.33. The Kier molecular flexibility index (Phi) is 5.50. The zero-order chi connectivity index (χ0) is 15.1. The first-order valence-corrected chi connectivity index (χ1v) is 7.25. The van der Waals surface area contributed by atoms with Crippen molar-refractivity contribution in [3.05, 3.63) is 54.1 Å². The maximum atomic E-state index is 5.31. The summed E-state index contributed by atoms with van der Waals surface area (Å²) in [5.74, 6) is 2.04. The molecule has 0 spiro atoms. The molecule has 0 amide bonds. The van der Waals surface area contributed by atoms with Gasteiger partial charge in [0.15, 0.2) is 11.5 Å². The van der Waals surface area contributed by atoms with Gasteiger partial charge in [-0.1, -0.05) is 37.3 Å². The van der Waals surface area contributed by atoms with Crippen LogP contribution in [-0.2, 0) is 0 Å². The summed E-state index contributed by atoms with van der Waals surface area (Å²) < 4.78 is 10.5. The molecule has 3 heteroatoms. The SMILES string of the molecule is COc1ccc(NCCC(C)c2ccccc2)cc1OC. The molecule has 2 rings (SSSR count). The van der Waals surface area contributed by atoms with Crippen molar-refractivity contribution in [3.63, 3.8) is 0 Å². The van der Waals surface area contributed by atoms with Crippen LogP contribution < -0.4 is 14.8 Å². The Hall–Kier alpha value is -2.16.